The second-order valence-electron chi connectivity index (χ2n) is 5.42. The molecule has 0 spiro atoms. The number of hydrogen-bond donors (Lipinski definition) is 1. The van der Waals surface area contributed by atoms with Gasteiger partial charge in [0, 0.05) is 6.04 Å². The number of carbonyl (C=O) groups excluding carboxylic acids is 1. The summed E-state index contributed by atoms with van der Waals surface area (Å²) in [7, 11) is 1.36. The van der Waals surface area contributed by atoms with Crippen molar-refractivity contribution >= 4 is 5.97 Å². The maximum absolute atomic E-state index is 11.3. The van der Waals surface area contributed by atoms with Crippen LogP contribution < -0.4 is 5.32 Å². The Kier molecular flexibility index (Phi) is 4.64. The molecule has 1 aliphatic rings. The molecule has 1 aromatic rings. The first-order chi connectivity index (χ1) is 9.11. The van der Waals surface area contributed by atoms with E-state index >= 15 is 0 Å². The minimum absolute atomic E-state index is 0.106. The van der Waals surface area contributed by atoms with E-state index in [9.17, 15) is 4.79 Å². The molecule has 0 aliphatic heterocycles. The van der Waals surface area contributed by atoms with Crippen LogP contribution in [0.4, 0.5) is 0 Å². The van der Waals surface area contributed by atoms with Crippen molar-refractivity contribution in [1.82, 2.24) is 5.32 Å². The maximum atomic E-state index is 11.3. The van der Waals surface area contributed by atoms with Crippen molar-refractivity contribution in [2.45, 2.75) is 51.6 Å². The van der Waals surface area contributed by atoms with Gasteiger partial charge < -0.3 is 14.5 Å². The number of furan rings is 1. The van der Waals surface area contributed by atoms with E-state index < -0.39 is 5.97 Å². The zero-order chi connectivity index (χ0) is 13.8. The molecule has 0 bridgehead atoms. The van der Waals surface area contributed by atoms with Crippen LogP contribution in [0.5, 0.6) is 0 Å². The highest BCUT2D eigenvalue weighted by Crippen LogP contribution is 2.29. The predicted molar refractivity (Wildman–Crippen MR) is 73.0 cm³/mol. The monoisotopic (exact) mass is 265 g/mol. The van der Waals surface area contributed by atoms with Crippen molar-refractivity contribution in [1.29, 1.82) is 0 Å². The van der Waals surface area contributed by atoms with E-state index in [-0.39, 0.29) is 11.8 Å². The standard InChI is InChI=1S/C15H23NO3/c1-10(12-6-4-5-7-12)16-11(2)13-8-9-14(19-13)15(17)18-3/h8-12,16H,4-7H2,1-3H3/t10-,11?/m1/s1. The number of methoxy groups -OCH3 is 1. The first kappa shape index (κ1) is 14.1. The summed E-state index contributed by atoms with van der Waals surface area (Å²) in [5.41, 5.74) is 0. The highest BCUT2D eigenvalue weighted by molar-refractivity contribution is 5.86. The highest BCUT2D eigenvalue weighted by atomic mass is 16.5. The third-order valence-corrected chi connectivity index (χ3v) is 4.06. The number of ether oxygens (including phenoxy) is 1. The van der Waals surface area contributed by atoms with Gasteiger partial charge in [0.25, 0.3) is 0 Å². The zero-order valence-electron chi connectivity index (χ0n) is 11.9. The van der Waals surface area contributed by atoms with Gasteiger partial charge >= 0.3 is 5.97 Å². The van der Waals surface area contributed by atoms with Gasteiger partial charge in [0.1, 0.15) is 5.76 Å². The highest BCUT2D eigenvalue weighted by Gasteiger charge is 2.24. The number of rotatable bonds is 5. The van der Waals surface area contributed by atoms with E-state index in [1.807, 2.05) is 6.07 Å². The fourth-order valence-electron chi connectivity index (χ4n) is 2.87. The molecule has 1 fully saturated rings. The van der Waals surface area contributed by atoms with Gasteiger partial charge in [-0.2, -0.15) is 0 Å². The minimum Gasteiger partial charge on any atom is -0.463 e. The average molecular weight is 265 g/mol. The van der Waals surface area contributed by atoms with Gasteiger partial charge in [0.15, 0.2) is 0 Å². The van der Waals surface area contributed by atoms with Gasteiger partial charge in [-0.15, -0.1) is 0 Å². The summed E-state index contributed by atoms with van der Waals surface area (Å²) in [4.78, 5) is 11.3. The SMILES string of the molecule is COC(=O)c1ccc(C(C)N[C@H](C)C2CCCC2)o1. The Morgan fingerprint density at radius 3 is 2.68 bits per heavy atom. The molecular weight excluding hydrogens is 242 g/mol. The Morgan fingerprint density at radius 1 is 1.37 bits per heavy atom. The van der Waals surface area contributed by atoms with E-state index in [1.54, 1.807) is 6.07 Å². The van der Waals surface area contributed by atoms with Gasteiger partial charge in [-0.3, -0.25) is 0 Å². The van der Waals surface area contributed by atoms with Crippen LogP contribution >= 0.6 is 0 Å². The van der Waals surface area contributed by atoms with Crippen LogP contribution in [0.25, 0.3) is 0 Å². The molecular formula is C15H23NO3. The van der Waals surface area contributed by atoms with E-state index in [0.29, 0.717) is 6.04 Å². The van der Waals surface area contributed by atoms with Crippen LogP contribution in [0.3, 0.4) is 0 Å². The fraction of sp³-hybridized carbons (Fsp3) is 0.667. The topological polar surface area (TPSA) is 51.5 Å². The Bertz CT molecular complexity index is 421. The lowest BCUT2D eigenvalue weighted by atomic mass is 9.99. The molecule has 1 saturated carbocycles. The quantitative estimate of drug-likeness (QED) is 0.830. The predicted octanol–water partition coefficient (Wildman–Crippen LogP) is 3.30. The molecule has 0 amide bonds. The van der Waals surface area contributed by atoms with E-state index in [0.717, 1.165) is 11.7 Å². The molecule has 2 rings (SSSR count). The van der Waals surface area contributed by atoms with Gasteiger partial charge in [0.2, 0.25) is 5.76 Å². The second kappa shape index (κ2) is 6.24. The fourth-order valence-corrected chi connectivity index (χ4v) is 2.87. The second-order valence-corrected chi connectivity index (χ2v) is 5.42. The molecule has 106 valence electrons. The number of esters is 1. The summed E-state index contributed by atoms with van der Waals surface area (Å²) in [6.45, 7) is 4.29. The number of carbonyl (C=O) groups is 1. The molecule has 1 heterocycles. The lowest BCUT2D eigenvalue weighted by Gasteiger charge is -2.23. The van der Waals surface area contributed by atoms with E-state index in [4.69, 9.17) is 4.42 Å². The van der Waals surface area contributed by atoms with Crippen molar-refractivity contribution in [2.75, 3.05) is 7.11 Å². The molecule has 19 heavy (non-hydrogen) atoms. The zero-order valence-corrected chi connectivity index (χ0v) is 11.9. The average Bonchev–Trinajstić information content (AvgIpc) is 3.08. The van der Waals surface area contributed by atoms with Gasteiger partial charge in [-0.05, 0) is 44.7 Å². The lowest BCUT2D eigenvalue weighted by molar-refractivity contribution is 0.0562. The van der Waals surface area contributed by atoms with Gasteiger partial charge in [-0.1, -0.05) is 12.8 Å². The van der Waals surface area contributed by atoms with Crippen LogP contribution in [-0.4, -0.2) is 19.1 Å². The Balaban J connectivity index is 1.93. The maximum Gasteiger partial charge on any atom is 0.373 e. The minimum atomic E-state index is -0.428. The summed E-state index contributed by atoms with van der Waals surface area (Å²) in [5.74, 6) is 1.38. The van der Waals surface area contributed by atoms with Crippen molar-refractivity contribution in [3.8, 4) is 0 Å². The van der Waals surface area contributed by atoms with E-state index in [1.165, 1.54) is 32.8 Å². The van der Waals surface area contributed by atoms with Crippen molar-refractivity contribution in [3.63, 3.8) is 0 Å². The van der Waals surface area contributed by atoms with Gasteiger partial charge in [-0.25, -0.2) is 4.79 Å². The number of nitrogens with one attached hydrogen (secondary N) is 1. The molecule has 1 N–H and O–H groups in total. The van der Waals surface area contributed by atoms with Crippen LogP contribution in [0.1, 0.15) is 61.9 Å². The van der Waals surface area contributed by atoms with Crippen LogP contribution in [0.2, 0.25) is 0 Å². The molecule has 1 aromatic heterocycles. The Morgan fingerprint density at radius 2 is 2.05 bits per heavy atom. The molecule has 0 saturated heterocycles. The van der Waals surface area contributed by atoms with Crippen LogP contribution in [0, 0.1) is 5.92 Å². The molecule has 1 unspecified atom stereocenters. The summed E-state index contributed by atoms with van der Waals surface area (Å²) in [5, 5.41) is 3.56. The third kappa shape index (κ3) is 3.38. The van der Waals surface area contributed by atoms with Crippen molar-refractivity contribution < 1.29 is 13.9 Å². The molecule has 4 nitrogen and oxygen atoms in total. The summed E-state index contributed by atoms with van der Waals surface area (Å²) in [6.07, 6.45) is 5.32. The Hall–Kier alpha value is -1.29. The molecule has 0 aromatic carbocycles. The summed E-state index contributed by atoms with van der Waals surface area (Å²) < 4.78 is 10.2. The Labute approximate surface area is 114 Å². The van der Waals surface area contributed by atoms with Crippen LogP contribution in [0.15, 0.2) is 16.5 Å². The van der Waals surface area contributed by atoms with Crippen LogP contribution in [-0.2, 0) is 4.74 Å². The first-order valence-corrected chi connectivity index (χ1v) is 7.06. The van der Waals surface area contributed by atoms with Crippen molar-refractivity contribution in [2.24, 2.45) is 5.92 Å². The molecule has 1 aliphatic carbocycles. The summed E-state index contributed by atoms with van der Waals surface area (Å²) in [6, 6.07) is 4.09. The largest absolute Gasteiger partial charge is 0.463 e. The molecule has 0 radical (unpaired) electrons. The lowest BCUT2D eigenvalue weighted by Crippen LogP contribution is -2.34. The first-order valence-electron chi connectivity index (χ1n) is 7.06. The molecule has 4 heteroatoms. The summed E-state index contributed by atoms with van der Waals surface area (Å²) >= 11 is 0. The number of hydrogen-bond acceptors (Lipinski definition) is 4. The third-order valence-electron chi connectivity index (χ3n) is 4.06. The van der Waals surface area contributed by atoms with Gasteiger partial charge in [0.05, 0.1) is 13.2 Å². The van der Waals surface area contributed by atoms with E-state index in [2.05, 4.69) is 23.9 Å². The molecule has 2 atom stereocenters. The normalized spacial score (nSPS) is 19.3. The smallest absolute Gasteiger partial charge is 0.373 e. The van der Waals surface area contributed by atoms with Crippen molar-refractivity contribution in [3.05, 3.63) is 23.7 Å².